The predicted octanol–water partition coefficient (Wildman–Crippen LogP) is 1.39. The lowest BCUT2D eigenvalue weighted by Gasteiger charge is -2.35. The molecule has 2 aromatic heterocycles. The maximum Gasteiger partial charge on any atom is 0.263 e. The molecule has 128 valence electrons. The zero-order valence-corrected chi connectivity index (χ0v) is 13.9. The molecule has 0 radical (unpaired) electrons. The molecule has 1 saturated carbocycles. The Balaban J connectivity index is 1.51. The van der Waals surface area contributed by atoms with Crippen molar-refractivity contribution in [1.29, 1.82) is 0 Å². The molecule has 3 heterocycles. The fourth-order valence-electron chi connectivity index (χ4n) is 3.55. The molecule has 7 nitrogen and oxygen atoms in total. The highest BCUT2D eigenvalue weighted by Crippen LogP contribution is 2.28. The van der Waals surface area contributed by atoms with Gasteiger partial charge in [-0.05, 0) is 25.0 Å². The van der Waals surface area contributed by atoms with Gasteiger partial charge in [0.1, 0.15) is 5.39 Å². The van der Waals surface area contributed by atoms with E-state index in [4.69, 9.17) is 4.98 Å². The first-order valence-corrected chi connectivity index (χ1v) is 8.82. The molecule has 0 spiro atoms. The van der Waals surface area contributed by atoms with Crippen LogP contribution in [-0.2, 0) is 0 Å². The summed E-state index contributed by atoms with van der Waals surface area (Å²) in [5.74, 6) is 0.644. The highest BCUT2D eigenvalue weighted by molar-refractivity contribution is 5.76. The molecular weight excluding hydrogens is 316 g/mol. The van der Waals surface area contributed by atoms with Crippen molar-refractivity contribution in [3.8, 4) is 5.69 Å². The van der Waals surface area contributed by atoms with Crippen molar-refractivity contribution in [3.63, 3.8) is 0 Å². The molecule has 25 heavy (non-hydrogen) atoms. The van der Waals surface area contributed by atoms with E-state index in [0.29, 0.717) is 17.0 Å². The van der Waals surface area contributed by atoms with E-state index < -0.39 is 0 Å². The quantitative estimate of drug-likeness (QED) is 0.783. The zero-order valence-electron chi connectivity index (χ0n) is 13.9. The second kappa shape index (κ2) is 5.70. The van der Waals surface area contributed by atoms with Gasteiger partial charge in [0.05, 0.1) is 11.9 Å². The maximum atomic E-state index is 12.5. The lowest BCUT2D eigenvalue weighted by molar-refractivity contribution is 0.247. The van der Waals surface area contributed by atoms with Crippen LogP contribution in [-0.4, -0.2) is 56.9 Å². The van der Waals surface area contributed by atoms with Crippen LogP contribution < -0.4 is 10.5 Å². The Labute approximate surface area is 144 Å². The summed E-state index contributed by atoms with van der Waals surface area (Å²) in [4.78, 5) is 24.9. The van der Waals surface area contributed by atoms with Crippen LogP contribution in [0.2, 0.25) is 0 Å². The van der Waals surface area contributed by atoms with Crippen LogP contribution in [0.5, 0.6) is 0 Å². The molecule has 2 fully saturated rings. The minimum absolute atomic E-state index is 0.133. The lowest BCUT2D eigenvalue weighted by atomic mass is 10.3. The molecule has 0 unspecified atom stereocenters. The van der Waals surface area contributed by atoms with Crippen LogP contribution in [0.3, 0.4) is 0 Å². The van der Waals surface area contributed by atoms with Crippen LogP contribution in [0.4, 0.5) is 5.95 Å². The monoisotopic (exact) mass is 336 g/mol. The molecule has 2 aliphatic rings. The first kappa shape index (κ1) is 14.7. The number of H-pyrrole nitrogens is 1. The summed E-state index contributed by atoms with van der Waals surface area (Å²) in [6.45, 7) is 3.85. The normalized spacial score (nSPS) is 18.8. The Kier molecular flexibility index (Phi) is 3.34. The maximum absolute atomic E-state index is 12.5. The molecular formula is C18H20N6O. The van der Waals surface area contributed by atoms with E-state index in [1.54, 1.807) is 10.9 Å². The number of nitrogens with zero attached hydrogens (tertiary/aromatic N) is 5. The van der Waals surface area contributed by atoms with E-state index in [2.05, 4.69) is 19.9 Å². The topological polar surface area (TPSA) is 70.1 Å². The van der Waals surface area contributed by atoms with Crippen LogP contribution in [0.1, 0.15) is 12.8 Å². The number of hydrogen-bond donors (Lipinski definition) is 1. The Morgan fingerprint density at radius 3 is 2.52 bits per heavy atom. The van der Waals surface area contributed by atoms with Gasteiger partial charge in [-0.3, -0.25) is 14.7 Å². The molecule has 1 aromatic carbocycles. The third kappa shape index (κ3) is 2.60. The van der Waals surface area contributed by atoms with Gasteiger partial charge in [-0.1, -0.05) is 18.2 Å². The van der Waals surface area contributed by atoms with E-state index in [1.807, 2.05) is 30.3 Å². The highest BCUT2D eigenvalue weighted by Gasteiger charge is 2.31. The van der Waals surface area contributed by atoms with E-state index in [0.717, 1.165) is 37.9 Å². The van der Waals surface area contributed by atoms with E-state index in [-0.39, 0.29) is 5.56 Å². The van der Waals surface area contributed by atoms with Crippen molar-refractivity contribution in [1.82, 2.24) is 24.6 Å². The number of rotatable bonds is 3. The van der Waals surface area contributed by atoms with Crippen molar-refractivity contribution in [2.45, 2.75) is 18.9 Å². The molecule has 1 aliphatic heterocycles. The van der Waals surface area contributed by atoms with E-state index in [1.165, 1.54) is 12.8 Å². The van der Waals surface area contributed by atoms with Gasteiger partial charge in [0.15, 0.2) is 5.65 Å². The van der Waals surface area contributed by atoms with Gasteiger partial charge < -0.3 is 4.90 Å². The standard InChI is InChI=1S/C18H20N6O/c25-17-15-12-19-24(14-4-2-1-3-5-14)16(15)20-18(21-17)23-10-8-22(9-11-23)13-6-7-13/h1-5,12-13H,6-11H2,(H,20,21,25). The van der Waals surface area contributed by atoms with Crippen molar-refractivity contribution in [2.75, 3.05) is 31.1 Å². The largest absolute Gasteiger partial charge is 0.340 e. The van der Waals surface area contributed by atoms with Gasteiger partial charge in [0.2, 0.25) is 5.95 Å². The van der Waals surface area contributed by atoms with Crippen molar-refractivity contribution in [3.05, 3.63) is 46.9 Å². The minimum atomic E-state index is -0.133. The van der Waals surface area contributed by atoms with Crippen LogP contribution >= 0.6 is 0 Å². The SMILES string of the molecule is O=c1[nH]c(N2CCN(C3CC3)CC2)nc2c1cnn2-c1ccccc1. The Morgan fingerprint density at radius 1 is 1.04 bits per heavy atom. The van der Waals surface area contributed by atoms with Crippen molar-refractivity contribution >= 4 is 17.0 Å². The number of piperazine rings is 1. The molecule has 7 heteroatoms. The average molecular weight is 336 g/mol. The molecule has 1 N–H and O–H groups in total. The number of aromatic nitrogens is 4. The smallest absolute Gasteiger partial charge is 0.263 e. The van der Waals surface area contributed by atoms with E-state index >= 15 is 0 Å². The second-order valence-corrected chi connectivity index (χ2v) is 6.77. The van der Waals surface area contributed by atoms with Gasteiger partial charge in [-0.25, -0.2) is 4.68 Å². The predicted molar refractivity (Wildman–Crippen MR) is 96.3 cm³/mol. The number of aromatic amines is 1. The summed E-state index contributed by atoms with van der Waals surface area (Å²) < 4.78 is 1.73. The minimum Gasteiger partial charge on any atom is -0.340 e. The Hall–Kier alpha value is -2.67. The van der Waals surface area contributed by atoms with Crippen LogP contribution in [0.15, 0.2) is 41.3 Å². The molecule has 3 aromatic rings. The zero-order chi connectivity index (χ0) is 16.8. The molecule has 0 bridgehead atoms. The molecule has 0 amide bonds. The summed E-state index contributed by atoms with van der Waals surface area (Å²) >= 11 is 0. The van der Waals surface area contributed by atoms with Gasteiger partial charge in [0.25, 0.3) is 5.56 Å². The lowest BCUT2D eigenvalue weighted by Crippen LogP contribution is -2.48. The Morgan fingerprint density at radius 2 is 1.80 bits per heavy atom. The fraction of sp³-hybridized carbons (Fsp3) is 0.389. The summed E-state index contributed by atoms with van der Waals surface area (Å²) in [7, 11) is 0. The Bertz CT molecular complexity index is 951. The van der Waals surface area contributed by atoms with Gasteiger partial charge >= 0.3 is 0 Å². The molecule has 1 aliphatic carbocycles. The second-order valence-electron chi connectivity index (χ2n) is 6.77. The van der Waals surface area contributed by atoms with E-state index in [9.17, 15) is 4.79 Å². The molecule has 0 atom stereocenters. The summed E-state index contributed by atoms with van der Waals surface area (Å²) in [6.07, 6.45) is 4.25. The summed E-state index contributed by atoms with van der Waals surface area (Å²) in [5, 5.41) is 4.88. The number of fused-ring (bicyclic) bond motifs is 1. The number of para-hydroxylation sites is 1. The van der Waals surface area contributed by atoms with Gasteiger partial charge in [-0.2, -0.15) is 10.1 Å². The highest BCUT2D eigenvalue weighted by atomic mass is 16.1. The summed E-state index contributed by atoms with van der Waals surface area (Å²) in [6, 6.07) is 10.6. The first-order chi connectivity index (χ1) is 12.3. The van der Waals surface area contributed by atoms with Crippen molar-refractivity contribution in [2.24, 2.45) is 0 Å². The van der Waals surface area contributed by atoms with Gasteiger partial charge in [-0.15, -0.1) is 0 Å². The summed E-state index contributed by atoms with van der Waals surface area (Å²) in [5.41, 5.74) is 1.38. The number of benzene rings is 1. The number of nitrogens with one attached hydrogen (secondary N) is 1. The van der Waals surface area contributed by atoms with Gasteiger partial charge in [0, 0.05) is 32.2 Å². The number of anilines is 1. The first-order valence-electron chi connectivity index (χ1n) is 8.82. The number of hydrogen-bond acceptors (Lipinski definition) is 5. The van der Waals surface area contributed by atoms with Crippen LogP contribution in [0.25, 0.3) is 16.7 Å². The molecule has 1 saturated heterocycles. The third-order valence-corrected chi connectivity index (χ3v) is 5.10. The van der Waals surface area contributed by atoms with Crippen LogP contribution in [0, 0.1) is 0 Å². The fourth-order valence-corrected chi connectivity index (χ4v) is 3.55. The average Bonchev–Trinajstić information content (AvgIpc) is 3.42. The third-order valence-electron chi connectivity index (χ3n) is 5.10. The molecule has 5 rings (SSSR count). The van der Waals surface area contributed by atoms with Crippen molar-refractivity contribution < 1.29 is 0 Å².